The minimum atomic E-state index is -0.867. The van der Waals surface area contributed by atoms with Gasteiger partial charge in [-0.1, -0.05) is 6.92 Å². The molecule has 5 nitrogen and oxygen atoms in total. The number of hydrogen-bond acceptors (Lipinski definition) is 3. The molecule has 1 saturated carbocycles. The van der Waals surface area contributed by atoms with E-state index < -0.39 is 11.5 Å². The van der Waals surface area contributed by atoms with Gasteiger partial charge in [-0.25, -0.2) is 0 Å². The minimum Gasteiger partial charge on any atom is -0.480 e. The number of hydrogen-bond donors (Lipinski definition) is 3. The van der Waals surface area contributed by atoms with Gasteiger partial charge in [-0.2, -0.15) is 0 Å². The number of carboxylic acids is 1. The summed E-state index contributed by atoms with van der Waals surface area (Å²) in [6.07, 6.45) is 2.95. The van der Waals surface area contributed by atoms with Gasteiger partial charge in [0, 0.05) is 5.54 Å². The van der Waals surface area contributed by atoms with E-state index in [2.05, 4.69) is 10.6 Å². The van der Waals surface area contributed by atoms with Crippen LogP contribution < -0.4 is 10.6 Å². The molecule has 5 heteroatoms. The lowest BCUT2D eigenvalue weighted by atomic mass is 9.77. The van der Waals surface area contributed by atoms with E-state index in [-0.39, 0.29) is 18.0 Å². The second-order valence-corrected chi connectivity index (χ2v) is 5.38. The molecule has 0 aromatic rings. The van der Waals surface area contributed by atoms with Crippen molar-refractivity contribution < 1.29 is 14.7 Å². The first-order valence-corrected chi connectivity index (χ1v) is 6.11. The third-order valence-corrected chi connectivity index (χ3v) is 3.57. The number of rotatable bonds is 6. The number of carboxylic acid groups (broad SMARTS) is 1. The Morgan fingerprint density at radius 2 is 1.94 bits per heavy atom. The van der Waals surface area contributed by atoms with Crippen molar-refractivity contribution >= 4 is 11.9 Å². The summed E-state index contributed by atoms with van der Waals surface area (Å²) in [5.74, 6) is -1.00. The molecule has 0 radical (unpaired) electrons. The lowest BCUT2D eigenvalue weighted by Gasteiger charge is -2.38. The molecule has 98 valence electrons. The van der Waals surface area contributed by atoms with Crippen molar-refractivity contribution in [1.29, 1.82) is 0 Å². The highest BCUT2D eigenvalue weighted by Crippen LogP contribution is 2.31. The van der Waals surface area contributed by atoms with Crippen LogP contribution in [0.1, 0.15) is 46.5 Å². The van der Waals surface area contributed by atoms with Crippen LogP contribution in [-0.4, -0.2) is 34.6 Å². The fourth-order valence-corrected chi connectivity index (χ4v) is 1.76. The summed E-state index contributed by atoms with van der Waals surface area (Å²) >= 11 is 0. The monoisotopic (exact) mass is 242 g/mol. The van der Waals surface area contributed by atoms with Crippen molar-refractivity contribution in [2.24, 2.45) is 0 Å². The van der Waals surface area contributed by atoms with Crippen LogP contribution >= 0.6 is 0 Å². The Balaban J connectivity index is 2.40. The second-order valence-electron chi connectivity index (χ2n) is 5.38. The zero-order valence-corrected chi connectivity index (χ0v) is 10.8. The molecule has 17 heavy (non-hydrogen) atoms. The second kappa shape index (κ2) is 5.04. The van der Waals surface area contributed by atoms with E-state index in [0.717, 1.165) is 12.8 Å². The van der Waals surface area contributed by atoms with E-state index in [4.69, 9.17) is 5.11 Å². The summed E-state index contributed by atoms with van der Waals surface area (Å²) in [5.41, 5.74) is -1.11. The molecule has 0 atom stereocenters. The number of amides is 1. The highest BCUT2D eigenvalue weighted by Gasteiger charge is 2.44. The lowest BCUT2D eigenvalue weighted by molar-refractivity contribution is -0.149. The van der Waals surface area contributed by atoms with Crippen molar-refractivity contribution in [2.45, 2.75) is 57.5 Å². The molecule has 0 heterocycles. The van der Waals surface area contributed by atoms with Crippen LogP contribution in [0, 0.1) is 0 Å². The molecule has 3 N–H and O–H groups in total. The van der Waals surface area contributed by atoms with E-state index in [1.54, 1.807) is 0 Å². The summed E-state index contributed by atoms with van der Waals surface area (Å²) in [5, 5.41) is 14.8. The van der Waals surface area contributed by atoms with Gasteiger partial charge >= 0.3 is 5.97 Å². The predicted molar refractivity (Wildman–Crippen MR) is 64.7 cm³/mol. The van der Waals surface area contributed by atoms with Crippen molar-refractivity contribution in [2.75, 3.05) is 6.54 Å². The molecule has 0 aromatic heterocycles. The third kappa shape index (κ3) is 3.43. The van der Waals surface area contributed by atoms with Gasteiger partial charge in [-0.15, -0.1) is 0 Å². The average molecular weight is 242 g/mol. The van der Waals surface area contributed by atoms with Crippen LogP contribution in [0.3, 0.4) is 0 Å². The Bertz CT molecular complexity index is 309. The summed E-state index contributed by atoms with van der Waals surface area (Å²) in [7, 11) is 0. The molecule has 0 bridgehead atoms. The molecule has 0 aromatic carbocycles. The first-order chi connectivity index (χ1) is 7.81. The smallest absolute Gasteiger partial charge is 0.323 e. The third-order valence-electron chi connectivity index (χ3n) is 3.57. The van der Waals surface area contributed by atoms with Gasteiger partial charge in [0.2, 0.25) is 5.91 Å². The Hall–Kier alpha value is -1.10. The molecule has 1 rings (SSSR count). The summed E-state index contributed by atoms with van der Waals surface area (Å²) in [6, 6.07) is 0. The average Bonchev–Trinajstić information content (AvgIpc) is 2.14. The van der Waals surface area contributed by atoms with Gasteiger partial charge in [0.05, 0.1) is 6.54 Å². The standard InChI is InChI=1S/C12H22N2O3/c1-4-11(2,3)14-9(15)8-13-12(10(16)17)6-5-7-12/h13H,4-8H2,1-3H3,(H,14,15)(H,16,17). The van der Waals surface area contributed by atoms with Crippen LogP contribution in [0.4, 0.5) is 0 Å². The quantitative estimate of drug-likeness (QED) is 0.646. The lowest BCUT2D eigenvalue weighted by Crippen LogP contribution is -2.60. The largest absolute Gasteiger partial charge is 0.480 e. The highest BCUT2D eigenvalue weighted by atomic mass is 16.4. The summed E-state index contributed by atoms with van der Waals surface area (Å²) in [6.45, 7) is 5.95. The zero-order chi connectivity index (χ0) is 13.1. The Kier molecular flexibility index (Phi) is 4.14. The molecule has 0 saturated heterocycles. The Morgan fingerprint density at radius 1 is 1.35 bits per heavy atom. The number of carbonyl (C=O) groups is 2. The number of carbonyl (C=O) groups excluding carboxylic acids is 1. The fourth-order valence-electron chi connectivity index (χ4n) is 1.76. The summed E-state index contributed by atoms with van der Waals surface area (Å²) in [4.78, 5) is 22.7. The number of aliphatic carboxylic acids is 1. The van der Waals surface area contributed by atoms with Gasteiger partial charge in [-0.3, -0.25) is 14.9 Å². The number of nitrogens with one attached hydrogen (secondary N) is 2. The maximum Gasteiger partial charge on any atom is 0.323 e. The molecular weight excluding hydrogens is 220 g/mol. The SMILES string of the molecule is CCC(C)(C)NC(=O)CNC1(C(=O)O)CCC1. The molecule has 1 aliphatic carbocycles. The minimum absolute atomic E-state index is 0.0652. The molecule has 1 fully saturated rings. The normalized spacial score (nSPS) is 18.3. The van der Waals surface area contributed by atoms with Crippen LogP contribution in [0.25, 0.3) is 0 Å². The van der Waals surface area contributed by atoms with E-state index in [1.165, 1.54) is 0 Å². The molecule has 0 unspecified atom stereocenters. The van der Waals surface area contributed by atoms with E-state index in [9.17, 15) is 9.59 Å². The fraction of sp³-hybridized carbons (Fsp3) is 0.833. The van der Waals surface area contributed by atoms with E-state index in [1.807, 2.05) is 20.8 Å². The molecule has 0 aliphatic heterocycles. The van der Waals surface area contributed by atoms with E-state index >= 15 is 0 Å². The Morgan fingerprint density at radius 3 is 2.29 bits per heavy atom. The zero-order valence-electron chi connectivity index (χ0n) is 10.8. The molecular formula is C12H22N2O3. The Labute approximate surface area is 102 Å². The maximum atomic E-state index is 11.7. The highest BCUT2D eigenvalue weighted by molar-refractivity contribution is 5.83. The molecule has 1 amide bonds. The van der Waals surface area contributed by atoms with Gasteiger partial charge in [0.1, 0.15) is 5.54 Å². The topological polar surface area (TPSA) is 78.4 Å². The van der Waals surface area contributed by atoms with Gasteiger partial charge in [0.15, 0.2) is 0 Å². The van der Waals surface area contributed by atoms with Crippen LogP contribution in [0.2, 0.25) is 0 Å². The van der Waals surface area contributed by atoms with Crippen LogP contribution in [0.15, 0.2) is 0 Å². The molecule has 1 aliphatic rings. The summed E-state index contributed by atoms with van der Waals surface area (Å²) < 4.78 is 0. The first-order valence-electron chi connectivity index (χ1n) is 6.11. The van der Waals surface area contributed by atoms with Crippen molar-refractivity contribution in [3.8, 4) is 0 Å². The van der Waals surface area contributed by atoms with Crippen molar-refractivity contribution in [3.05, 3.63) is 0 Å². The predicted octanol–water partition coefficient (Wildman–Crippen LogP) is 0.888. The first kappa shape index (κ1) is 14.0. The maximum absolute atomic E-state index is 11.7. The van der Waals surface area contributed by atoms with Gasteiger partial charge in [0.25, 0.3) is 0 Å². The molecule has 0 spiro atoms. The van der Waals surface area contributed by atoms with Gasteiger partial charge in [-0.05, 0) is 39.5 Å². The van der Waals surface area contributed by atoms with Crippen LogP contribution in [0.5, 0.6) is 0 Å². The van der Waals surface area contributed by atoms with Crippen molar-refractivity contribution in [1.82, 2.24) is 10.6 Å². The van der Waals surface area contributed by atoms with Crippen molar-refractivity contribution in [3.63, 3.8) is 0 Å². The van der Waals surface area contributed by atoms with Gasteiger partial charge < -0.3 is 10.4 Å². The van der Waals surface area contributed by atoms with E-state index in [0.29, 0.717) is 12.8 Å². The van der Waals surface area contributed by atoms with Crippen LogP contribution in [-0.2, 0) is 9.59 Å².